The van der Waals surface area contributed by atoms with Gasteiger partial charge in [-0.15, -0.1) is 6.42 Å². The largest absolute Gasteiger partial charge is 0.472 e. The second kappa shape index (κ2) is 4.72. The first-order chi connectivity index (χ1) is 6.83. The third-order valence-electron chi connectivity index (χ3n) is 1.66. The number of ether oxygens (including phenoxy) is 1. The maximum Gasteiger partial charge on any atom is 0.0966 e. The topological polar surface area (TPSA) is 74.4 Å². The van der Waals surface area contributed by atoms with Gasteiger partial charge in [0, 0.05) is 11.1 Å². The molecule has 0 aromatic heterocycles. The molecule has 0 bridgehead atoms. The van der Waals surface area contributed by atoms with Crippen LogP contribution >= 0.6 is 0 Å². The summed E-state index contributed by atoms with van der Waals surface area (Å²) in [7, 11) is 0. The number of allylic oxidation sites excluding steroid dienone is 2. The summed E-state index contributed by atoms with van der Waals surface area (Å²) >= 11 is 0. The van der Waals surface area contributed by atoms with Crippen molar-refractivity contribution in [3.05, 3.63) is 23.7 Å². The van der Waals surface area contributed by atoms with Crippen LogP contribution in [0, 0.1) is 18.3 Å². The predicted octanol–water partition coefficient (Wildman–Crippen LogP) is 0.954. The third kappa shape index (κ3) is 1.93. The Morgan fingerprint density at radius 2 is 1.79 bits per heavy atom. The molecular formula is C9H8N2O3. The van der Waals surface area contributed by atoms with E-state index in [1.807, 2.05) is 0 Å². The summed E-state index contributed by atoms with van der Waals surface area (Å²) < 4.78 is 4.91. The molecule has 72 valence electrons. The molecule has 1 aliphatic rings. The molecule has 0 saturated heterocycles. The zero-order valence-corrected chi connectivity index (χ0v) is 7.16. The van der Waals surface area contributed by atoms with Crippen molar-refractivity contribution in [1.29, 1.82) is 0 Å². The molecule has 0 aromatic carbocycles. The zero-order valence-electron chi connectivity index (χ0n) is 7.16. The van der Waals surface area contributed by atoms with E-state index in [9.17, 15) is 0 Å². The summed E-state index contributed by atoms with van der Waals surface area (Å²) in [5, 5.41) is 22.4. The van der Waals surface area contributed by atoms with Crippen molar-refractivity contribution in [3.8, 4) is 12.3 Å². The van der Waals surface area contributed by atoms with Gasteiger partial charge >= 0.3 is 0 Å². The number of terminal acetylenes is 1. The molecule has 1 heterocycles. The average Bonchev–Trinajstić information content (AvgIpc) is 2.19. The number of rotatable bonds is 2. The quantitative estimate of drug-likeness (QED) is 0.296. The monoisotopic (exact) mass is 192 g/mol. The van der Waals surface area contributed by atoms with Crippen LogP contribution in [0.3, 0.4) is 0 Å². The minimum absolute atomic E-state index is 0.435. The van der Waals surface area contributed by atoms with Crippen LogP contribution in [-0.2, 0) is 4.74 Å². The van der Waals surface area contributed by atoms with Gasteiger partial charge in [-0.25, -0.2) is 0 Å². The van der Waals surface area contributed by atoms with Gasteiger partial charge in [0.25, 0.3) is 0 Å². The summed E-state index contributed by atoms with van der Waals surface area (Å²) in [4.78, 5) is 0. The van der Waals surface area contributed by atoms with E-state index >= 15 is 0 Å². The van der Waals surface area contributed by atoms with Gasteiger partial charge < -0.3 is 15.2 Å². The SMILES string of the molecule is C#CC1C(C=NO)=COC=C1C=NO. The van der Waals surface area contributed by atoms with Crippen molar-refractivity contribution < 1.29 is 15.2 Å². The van der Waals surface area contributed by atoms with E-state index in [2.05, 4.69) is 16.2 Å². The zero-order chi connectivity index (χ0) is 10.4. The predicted molar refractivity (Wildman–Crippen MR) is 50.1 cm³/mol. The Bertz CT molecular complexity index is 333. The molecule has 0 fully saturated rings. The lowest BCUT2D eigenvalue weighted by Gasteiger charge is -2.15. The molecule has 0 saturated carbocycles. The van der Waals surface area contributed by atoms with Gasteiger partial charge in [0.05, 0.1) is 30.9 Å². The van der Waals surface area contributed by atoms with Crippen molar-refractivity contribution in [2.75, 3.05) is 0 Å². The van der Waals surface area contributed by atoms with Crippen LogP contribution in [0.2, 0.25) is 0 Å². The number of nitrogens with zero attached hydrogens (tertiary/aromatic N) is 2. The highest BCUT2D eigenvalue weighted by molar-refractivity contribution is 5.88. The normalized spacial score (nSPS) is 21.5. The van der Waals surface area contributed by atoms with Crippen LogP contribution in [0.15, 0.2) is 34.0 Å². The lowest BCUT2D eigenvalue weighted by Crippen LogP contribution is -2.12. The van der Waals surface area contributed by atoms with Crippen LogP contribution in [0.25, 0.3) is 0 Å². The lowest BCUT2D eigenvalue weighted by molar-refractivity contribution is 0.319. The molecule has 14 heavy (non-hydrogen) atoms. The van der Waals surface area contributed by atoms with Crippen molar-refractivity contribution >= 4 is 12.4 Å². The van der Waals surface area contributed by atoms with E-state index in [1.165, 1.54) is 25.0 Å². The highest BCUT2D eigenvalue weighted by Gasteiger charge is 2.18. The van der Waals surface area contributed by atoms with Gasteiger partial charge in [-0.2, -0.15) is 0 Å². The van der Waals surface area contributed by atoms with Crippen LogP contribution in [0.4, 0.5) is 0 Å². The minimum Gasteiger partial charge on any atom is -0.472 e. The molecule has 0 radical (unpaired) electrons. The van der Waals surface area contributed by atoms with Crippen molar-refractivity contribution in [2.45, 2.75) is 0 Å². The van der Waals surface area contributed by atoms with E-state index in [-0.39, 0.29) is 0 Å². The van der Waals surface area contributed by atoms with Gasteiger partial charge in [0.1, 0.15) is 0 Å². The van der Waals surface area contributed by atoms with E-state index in [0.29, 0.717) is 11.1 Å². The molecule has 0 aromatic rings. The minimum atomic E-state index is -0.435. The fraction of sp³-hybridized carbons (Fsp3) is 0.111. The van der Waals surface area contributed by atoms with E-state index in [4.69, 9.17) is 21.6 Å². The number of hydrogen-bond donors (Lipinski definition) is 2. The van der Waals surface area contributed by atoms with Crippen molar-refractivity contribution in [3.63, 3.8) is 0 Å². The summed E-state index contributed by atoms with van der Waals surface area (Å²) in [5.41, 5.74) is 1.01. The lowest BCUT2D eigenvalue weighted by atomic mass is 9.93. The van der Waals surface area contributed by atoms with E-state index in [1.54, 1.807) is 0 Å². The highest BCUT2D eigenvalue weighted by atomic mass is 16.5. The fourth-order valence-corrected chi connectivity index (χ4v) is 1.06. The van der Waals surface area contributed by atoms with Crippen molar-refractivity contribution in [2.24, 2.45) is 16.2 Å². The van der Waals surface area contributed by atoms with Gasteiger partial charge in [0.2, 0.25) is 0 Å². The molecule has 0 spiro atoms. The maximum absolute atomic E-state index is 8.35. The van der Waals surface area contributed by atoms with Gasteiger partial charge in [-0.05, 0) is 0 Å². The van der Waals surface area contributed by atoms with Gasteiger partial charge in [-0.1, -0.05) is 16.2 Å². The number of hydrogen-bond acceptors (Lipinski definition) is 5. The Labute approximate surface area is 80.7 Å². The second-order valence-corrected chi connectivity index (χ2v) is 2.46. The molecule has 1 aliphatic heterocycles. The Kier molecular flexibility index (Phi) is 3.33. The van der Waals surface area contributed by atoms with Gasteiger partial charge in [-0.3, -0.25) is 0 Å². The van der Waals surface area contributed by atoms with Gasteiger partial charge in [0.15, 0.2) is 0 Å². The average molecular weight is 192 g/mol. The first kappa shape index (κ1) is 9.86. The van der Waals surface area contributed by atoms with Crippen LogP contribution < -0.4 is 0 Å². The summed E-state index contributed by atoms with van der Waals surface area (Å²) in [6, 6.07) is 0. The van der Waals surface area contributed by atoms with E-state index in [0.717, 1.165) is 0 Å². The third-order valence-corrected chi connectivity index (χ3v) is 1.66. The molecule has 0 aliphatic carbocycles. The Morgan fingerprint density at radius 3 is 2.14 bits per heavy atom. The van der Waals surface area contributed by atoms with Crippen LogP contribution in [0.1, 0.15) is 0 Å². The molecular weight excluding hydrogens is 184 g/mol. The summed E-state index contributed by atoms with van der Waals surface area (Å²) in [6.45, 7) is 0. The Hall–Kier alpha value is -2.22. The molecule has 5 nitrogen and oxygen atoms in total. The highest BCUT2D eigenvalue weighted by Crippen LogP contribution is 2.21. The smallest absolute Gasteiger partial charge is 0.0966 e. The van der Waals surface area contributed by atoms with E-state index < -0.39 is 5.92 Å². The molecule has 0 atom stereocenters. The molecule has 0 amide bonds. The molecule has 5 heteroatoms. The van der Waals surface area contributed by atoms with Crippen LogP contribution in [-0.4, -0.2) is 22.8 Å². The number of oxime groups is 2. The van der Waals surface area contributed by atoms with Crippen LogP contribution in [0.5, 0.6) is 0 Å². The fourth-order valence-electron chi connectivity index (χ4n) is 1.06. The molecule has 1 rings (SSSR count). The summed E-state index contributed by atoms with van der Waals surface area (Å²) in [5.74, 6) is 2.02. The Balaban J connectivity index is 2.95. The summed E-state index contributed by atoms with van der Waals surface area (Å²) in [6.07, 6.45) is 10.3. The molecule has 0 unspecified atom stereocenters. The van der Waals surface area contributed by atoms with Crippen molar-refractivity contribution in [1.82, 2.24) is 0 Å². The second-order valence-electron chi connectivity index (χ2n) is 2.46. The molecule has 2 N–H and O–H groups in total. The maximum atomic E-state index is 8.35. The first-order valence-corrected chi connectivity index (χ1v) is 3.70. The first-order valence-electron chi connectivity index (χ1n) is 3.70. The standard InChI is InChI=1S/C9H8N2O3/c1-2-9-7(3-10-12)5-14-6-8(9)4-11-13/h1,3-6,9,12-13H. The Morgan fingerprint density at radius 1 is 1.29 bits per heavy atom.